The third kappa shape index (κ3) is 3.72. The minimum Gasteiger partial charge on any atom is -0.326 e. The second-order valence-corrected chi connectivity index (χ2v) is 7.10. The highest BCUT2D eigenvalue weighted by Crippen LogP contribution is 2.20. The maximum Gasteiger partial charge on any atom is 0.255 e. The number of sulfone groups is 1. The standard InChI is InChI=1S/C16H18N2O3S/c1-11-6-7-14(9-15(11)22(2,20)21)18-16(19)13-5-3-4-12(8-13)10-17/h3-9H,10,17H2,1-2H3,(H,18,19). The molecule has 0 fully saturated rings. The fourth-order valence-electron chi connectivity index (χ4n) is 2.12. The number of amides is 1. The van der Waals surface area contributed by atoms with Crippen LogP contribution >= 0.6 is 0 Å². The summed E-state index contributed by atoms with van der Waals surface area (Å²) >= 11 is 0. The second-order valence-electron chi connectivity index (χ2n) is 5.11. The summed E-state index contributed by atoms with van der Waals surface area (Å²) in [7, 11) is -3.33. The minimum atomic E-state index is -3.33. The Morgan fingerprint density at radius 2 is 1.91 bits per heavy atom. The molecule has 2 rings (SSSR count). The number of hydrogen-bond donors (Lipinski definition) is 2. The van der Waals surface area contributed by atoms with Crippen LogP contribution < -0.4 is 11.1 Å². The van der Waals surface area contributed by atoms with Gasteiger partial charge in [0, 0.05) is 24.1 Å². The Labute approximate surface area is 130 Å². The molecule has 2 aromatic carbocycles. The first-order valence-electron chi connectivity index (χ1n) is 6.72. The minimum absolute atomic E-state index is 0.209. The number of aryl methyl sites for hydroxylation is 1. The molecule has 0 radical (unpaired) electrons. The molecule has 0 aliphatic carbocycles. The van der Waals surface area contributed by atoms with Gasteiger partial charge in [0.25, 0.3) is 5.91 Å². The predicted molar refractivity (Wildman–Crippen MR) is 86.6 cm³/mol. The molecule has 3 N–H and O–H groups in total. The van der Waals surface area contributed by atoms with Crippen molar-refractivity contribution >= 4 is 21.4 Å². The van der Waals surface area contributed by atoms with Gasteiger partial charge in [-0.15, -0.1) is 0 Å². The lowest BCUT2D eigenvalue weighted by Gasteiger charge is -2.09. The van der Waals surface area contributed by atoms with Crippen molar-refractivity contribution in [1.82, 2.24) is 0 Å². The molecular weight excluding hydrogens is 300 g/mol. The van der Waals surface area contributed by atoms with Crippen LogP contribution in [-0.2, 0) is 16.4 Å². The number of nitrogens with two attached hydrogens (primary N) is 1. The molecule has 0 heterocycles. The van der Waals surface area contributed by atoms with Crippen molar-refractivity contribution in [1.29, 1.82) is 0 Å². The van der Waals surface area contributed by atoms with Gasteiger partial charge in [0.2, 0.25) is 0 Å². The number of rotatable bonds is 4. The molecular formula is C16H18N2O3S. The average molecular weight is 318 g/mol. The summed E-state index contributed by atoms with van der Waals surface area (Å²) in [5.41, 5.74) is 7.97. The lowest BCUT2D eigenvalue weighted by atomic mass is 10.1. The molecule has 0 aliphatic rings. The Balaban J connectivity index is 2.29. The summed E-state index contributed by atoms with van der Waals surface area (Å²) in [6.45, 7) is 2.07. The highest BCUT2D eigenvalue weighted by molar-refractivity contribution is 7.90. The molecule has 0 atom stereocenters. The van der Waals surface area contributed by atoms with E-state index in [1.54, 1.807) is 37.3 Å². The number of nitrogens with one attached hydrogen (secondary N) is 1. The van der Waals surface area contributed by atoms with Crippen molar-refractivity contribution in [2.45, 2.75) is 18.4 Å². The molecule has 0 saturated carbocycles. The highest BCUT2D eigenvalue weighted by Gasteiger charge is 2.13. The van der Waals surface area contributed by atoms with Gasteiger partial charge < -0.3 is 11.1 Å². The number of carbonyl (C=O) groups is 1. The van der Waals surface area contributed by atoms with Crippen molar-refractivity contribution in [3.63, 3.8) is 0 Å². The van der Waals surface area contributed by atoms with Crippen LogP contribution in [-0.4, -0.2) is 20.6 Å². The molecule has 5 nitrogen and oxygen atoms in total. The number of hydrogen-bond acceptors (Lipinski definition) is 4. The van der Waals surface area contributed by atoms with Gasteiger partial charge in [0.15, 0.2) is 9.84 Å². The zero-order valence-corrected chi connectivity index (χ0v) is 13.3. The van der Waals surface area contributed by atoms with E-state index in [4.69, 9.17) is 5.73 Å². The fraction of sp³-hybridized carbons (Fsp3) is 0.188. The fourth-order valence-corrected chi connectivity index (χ4v) is 3.11. The van der Waals surface area contributed by atoms with Gasteiger partial charge in [-0.2, -0.15) is 0 Å². The summed E-state index contributed by atoms with van der Waals surface area (Å²) in [4.78, 5) is 12.4. The van der Waals surface area contributed by atoms with E-state index in [-0.39, 0.29) is 10.8 Å². The first-order chi connectivity index (χ1) is 10.3. The quantitative estimate of drug-likeness (QED) is 0.903. The third-order valence-electron chi connectivity index (χ3n) is 3.27. The average Bonchev–Trinajstić information content (AvgIpc) is 2.48. The smallest absolute Gasteiger partial charge is 0.255 e. The number of anilines is 1. The van der Waals surface area contributed by atoms with E-state index in [1.807, 2.05) is 6.07 Å². The molecule has 0 saturated heterocycles. The van der Waals surface area contributed by atoms with Crippen LogP contribution in [0.1, 0.15) is 21.5 Å². The van der Waals surface area contributed by atoms with E-state index in [1.165, 1.54) is 6.07 Å². The van der Waals surface area contributed by atoms with Crippen LogP contribution in [0.2, 0.25) is 0 Å². The van der Waals surface area contributed by atoms with Gasteiger partial charge in [0.05, 0.1) is 4.90 Å². The van der Waals surface area contributed by atoms with Crippen LogP contribution in [0.3, 0.4) is 0 Å². The molecule has 0 aromatic heterocycles. The van der Waals surface area contributed by atoms with Crippen LogP contribution in [0.5, 0.6) is 0 Å². The van der Waals surface area contributed by atoms with E-state index in [2.05, 4.69) is 5.32 Å². The van der Waals surface area contributed by atoms with Gasteiger partial charge >= 0.3 is 0 Å². The summed E-state index contributed by atoms with van der Waals surface area (Å²) in [5, 5.41) is 2.71. The van der Waals surface area contributed by atoms with E-state index in [0.29, 0.717) is 23.4 Å². The monoisotopic (exact) mass is 318 g/mol. The Kier molecular flexibility index (Phi) is 4.63. The van der Waals surface area contributed by atoms with Crippen molar-refractivity contribution in [2.24, 2.45) is 5.73 Å². The number of carbonyl (C=O) groups excluding carboxylic acids is 1. The molecule has 0 aliphatic heterocycles. The molecule has 0 unspecified atom stereocenters. The third-order valence-corrected chi connectivity index (χ3v) is 4.51. The van der Waals surface area contributed by atoms with Crippen LogP contribution in [0, 0.1) is 6.92 Å². The lowest BCUT2D eigenvalue weighted by Crippen LogP contribution is -2.13. The SMILES string of the molecule is Cc1ccc(NC(=O)c2cccc(CN)c2)cc1S(C)(=O)=O. The molecule has 0 spiro atoms. The van der Waals surface area contributed by atoms with E-state index in [9.17, 15) is 13.2 Å². The zero-order chi connectivity index (χ0) is 16.3. The maximum atomic E-state index is 12.2. The number of benzene rings is 2. The van der Waals surface area contributed by atoms with Crippen molar-refractivity contribution in [3.05, 3.63) is 59.2 Å². The van der Waals surface area contributed by atoms with Crippen LogP contribution in [0.25, 0.3) is 0 Å². The summed E-state index contributed by atoms with van der Waals surface area (Å²) in [5.74, 6) is -0.307. The summed E-state index contributed by atoms with van der Waals surface area (Å²) < 4.78 is 23.4. The van der Waals surface area contributed by atoms with Crippen LogP contribution in [0.4, 0.5) is 5.69 Å². The zero-order valence-electron chi connectivity index (χ0n) is 12.5. The molecule has 0 bridgehead atoms. The van der Waals surface area contributed by atoms with Gasteiger partial charge in [-0.1, -0.05) is 18.2 Å². The van der Waals surface area contributed by atoms with Gasteiger partial charge in [0.1, 0.15) is 0 Å². The normalized spacial score (nSPS) is 11.2. The maximum absolute atomic E-state index is 12.2. The van der Waals surface area contributed by atoms with E-state index < -0.39 is 9.84 Å². The molecule has 2 aromatic rings. The second kappa shape index (κ2) is 6.29. The Morgan fingerprint density at radius 3 is 2.55 bits per heavy atom. The van der Waals surface area contributed by atoms with Crippen molar-refractivity contribution in [3.8, 4) is 0 Å². The van der Waals surface area contributed by atoms with E-state index >= 15 is 0 Å². The Morgan fingerprint density at radius 1 is 1.18 bits per heavy atom. The van der Waals surface area contributed by atoms with Gasteiger partial charge in [-0.05, 0) is 42.3 Å². The Bertz CT molecular complexity index is 814. The predicted octanol–water partition coefficient (Wildman–Crippen LogP) is 2.11. The molecule has 1 amide bonds. The van der Waals surface area contributed by atoms with Crippen molar-refractivity contribution in [2.75, 3.05) is 11.6 Å². The van der Waals surface area contributed by atoms with Crippen molar-refractivity contribution < 1.29 is 13.2 Å². The molecule has 116 valence electrons. The molecule has 6 heteroatoms. The molecule has 22 heavy (non-hydrogen) atoms. The summed E-state index contributed by atoms with van der Waals surface area (Å²) in [6.07, 6.45) is 1.14. The topological polar surface area (TPSA) is 89.3 Å². The first-order valence-corrected chi connectivity index (χ1v) is 8.61. The lowest BCUT2D eigenvalue weighted by molar-refractivity contribution is 0.102. The largest absolute Gasteiger partial charge is 0.326 e. The summed E-state index contributed by atoms with van der Waals surface area (Å²) in [6, 6.07) is 11.8. The van der Waals surface area contributed by atoms with E-state index in [0.717, 1.165) is 11.8 Å². The van der Waals surface area contributed by atoms with Gasteiger partial charge in [-0.25, -0.2) is 8.42 Å². The van der Waals surface area contributed by atoms with Crippen LogP contribution in [0.15, 0.2) is 47.4 Å². The van der Waals surface area contributed by atoms with Gasteiger partial charge in [-0.3, -0.25) is 4.79 Å². The highest BCUT2D eigenvalue weighted by atomic mass is 32.2. The first kappa shape index (κ1) is 16.2. The Hall–Kier alpha value is -2.18.